The number of nitrogens with zero attached hydrogens (tertiary/aromatic N) is 1. The van der Waals surface area contributed by atoms with E-state index in [0.29, 0.717) is 0 Å². The molecular formula is C29H32BN. The van der Waals surface area contributed by atoms with Gasteiger partial charge in [0, 0.05) is 11.1 Å². The van der Waals surface area contributed by atoms with E-state index in [1.807, 2.05) is 0 Å². The Labute approximate surface area is 187 Å². The molecule has 156 valence electrons. The van der Waals surface area contributed by atoms with Crippen molar-refractivity contribution >= 4 is 34.2 Å². The molecule has 0 saturated carbocycles. The fraction of sp³-hybridized carbons (Fsp3) is 0.241. The molecule has 0 aliphatic rings. The van der Waals surface area contributed by atoms with Crippen LogP contribution in [0.5, 0.6) is 0 Å². The van der Waals surface area contributed by atoms with Crippen molar-refractivity contribution < 1.29 is 0 Å². The van der Waals surface area contributed by atoms with E-state index in [4.69, 9.17) is 0 Å². The monoisotopic (exact) mass is 405 g/mol. The Hall–Kier alpha value is -3.00. The van der Waals surface area contributed by atoms with Gasteiger partial charge in [-0.3, -0.25) is 0 Å². The topological polar surface area (TPSA) is 3.24 Å². The summed E-state index contributed by atoms with van der Waals surface area (Å²) in [6.07, 6.45) is 0. The third-order valence-electron chi connectivity index (χ3n) is 6.56. The maximum absolute atomic E-state index is 2.48. The van der Waals surface area contributed by atoms with Gasteiger partial charge in [0.2, 0.25) is 0 Å². The molecule has 0 heterocycles. The van der Waals surface area contributed by atoms with Crippen LogP contribution in [0.15, 0.2) is 66.7 Å². The van der Waals surface area contributed by atoms with Gasteiger partial charge in [-0.25, -0.2) is 0 Å². The number of benzene rings is 4. The van der Waals surface area contributed by atoms with Crippen molar-refractivity contribution in [3.05, 3.63) is 100 Å². The number of fused-ring (bicyclic) bond motifs is 1. The highest BCUT2D eigenvalue weighted by atomic mass is 15.0. The minimum absolute atomic E-state index is 0.145. The molecule has 0 aromatic heterocycles. The maximum Gasteiger partial charge on any atom is 0.324 e. The minimum atomic E-state index is 0.145. The van der Waals surface area contributed by atoms with Crippen LogP contribution in [0.1, 0.15) is 33.4 Å². The van der Waals surface area contributed by atoms with Gasteiger partial charge < -0.3 is 4.81 Å². The van der Waals surface area contributed by atoms with Crippen LogP contribution in [-0.2, 0) is 0 Å². The largest absolute Gasteiger partial charge is 0.409 e. The lowest BCUT2D eigenvalue weighted by atomic mass is 9.45. The average molecular weight is 405 g/mol. The zero-order valence-corrected chi connectivity index (χ0v) is 19.9. The quantitative estimate of drug-likeness (QED) is 0.380. The van der Waals surface area contributed by atoms with Crippen LogP contribution in [0.3, 0.4) is 0 Å². The summed E-state index contributed by atoms with van der Waals surface area (Å²) in [5, 5.41) is 2.57. The summed E-state index contributed by atoms with van der Waals surface area (Å²) in [5.74, 6) is 0. The molecule has 0 radical (unpaired) electrons. The Kier molecular flexibility index (Phi) is 5.66. The SMILES string of the molecule is Cc1cc(C)c(B(c2c(C)cc(C)cc2C)N(C)c2cccc3ccccc23)c(C)c1. The molecule has 0 N–H and O–H groups in total. The van der Waals surface area contributed by atoms with Gasteiger partial charge in [0.25, 0.3) is 0 Å². The third kappa shape index (κ3) is 3.88. The molecule has 4 aromatic carbocycles. The lowest BCUT2D eigenvalue weighted by Gasteiger charge is -2.33. The molecular weight excluding hydrogens is 373 g/mol. The number of aryl methyl sites for hydroxylation is 6. The Balaban J connectivity index is 2.02. The third-order valence-corrected chi connectivity index (χ3v) is 6.56. The number of anilines is 1. The molecule has 0 saturated heterocycles. The van der Waals surface area contributed by atoms with Crippen LogP contribution in [0.25, 0.3) is 10.8 Å². The fourth-order valence-corrected chi connectivity index (χ4v) is 5.43. The first-order chi connectivity index (χ1) is 14.8. The van der Waals surface area contributed by atoms with Gasteiger partial charge in [-0.15, -0.1) is 0 Å². The molecule has 0 bridgehead atoms. The normalized spacial score (nSPS) is 11.1. The predicted molar refractivity (Wildman–Crippen MR) is 139 cm³/mol. The maximum atomic E-state index is 2.48. The van der Waals surface area contributed by atoms with Crippen LogP contribution >= 0.6 is 0 Å². The van der Waals surface area contributed by atoms with Crippen molar-refractivity contribution in [1.29, 1.82) is 0 Å². The van der Waals surface area contributed by atoms with Gasteiger partial charge in [0.1, 0.15) is 0 Å². The highest BCUT2D eigenvalue weighted by Gasteiger charge is 2.32. The summed E-state index contributed by atoms with van der Waals surface area (Å²) in [6.45, 7) is 13.6. The molecule has 4 aromatic rings. The molecule has 4 rings (SSSR count). The second-order valence-electron chi connectivity index (χ2n) is 9.14. The van der Waals surface area contributed by atoms with E-state index in [-0.39, 0.29) is 6.85 Å². The zero-order valence-electron chi connectivity index (χ0n) is 19.9. The van der Waals surface area contributed by atoms with Gasteiger partial charge in [0.05, 0.1) is 0 Å². The number of hydrogen-bond donors (Lipinski definition) is 0. The summed E-state index contributed by atoms with van der Waals surface area (Å²) in [5.41, 5.74) is 12.2. The van der Waals surface area contributed by atoms with E-state index in [2.05, 4.69) is 120 Å². The van der Waals surface area contributed by atoms with Crippen molar-refractivity contribution in [1.82, 2.24) is 0 Å². The minimum Gasteiger partial charge on any atom is -0.409 e. The highest BCUT2D eigenvalue weighted by Crippen LogP contribution is 2.27. The van der Waals surface area contributed by atoms with Gasteiger partial charge in [-0.05, 0) is 71.0 Å². The Morgan fingerprint density at radius 1 is 0.581 bits per heavy atom. The Morgan fingerprint density at radius 2 is 1.03 bits per heavy atom. The van der Waals surface area contributed by atoms with Crippen LogP contribution in [-0.4, -0.2) is 13.9 Å². The molecule has 0 aliphatic carbocycles. The summed E-state index contributed by atoms with van der Waals surface area (Å²) in [6, 6.07) is 24.6. The summed E-state index contributed by atoms with van der Waals surface area (Å²) < 4.78 is 0. The molecule has 0 spiro atoms. The van der Waals surface area contributed by atoms with Crippen molar-refractivity contribution in [2.75, 3.05) is 11.9 Å². The molecule has 31 heavy (non-hydrogen) atoms. The van der Waals surface area contributed by atoms with Gasteiger partial charge in [-0.2, -0.15) is 0 Å². The highest BCUT2D eigenvalue weighted by molar-refractivity contribution is 6.89. The van der Waals surface area contributed by atoms with E-state index < -0.39 is 0 Å². The molecule has 0 fully saturated rings. The number of rotatable bonds is 4. The Bertz CT molecular complexity index is 1160. The van der Waals surface area contributed by atoms with Gasteiger partial charge >= 0.3 is 6.85 Å². The van der Waals surface area contributed by atoms with Crippen molar-refractivity contribution in [3.63, 3.8) is 0 Å². The lowest BCUT2D eigenvalue weighted by Crippen LogP contribution is -2.58. The molecule has 2 heteroatoms. The summed E-state index contributed by atoms with van der Waals surface area (Å²) in [4.78, 5) is 2.48. The van der Waals surface area contributed by atoms with Gasteiger partial charge in [-0.1, -0.05) is 94.0 Å². The molecule has 0 amide bonds. The van der Waals surface area contributed by atoms with E-state index in [1.165, 1.54) is 60.8 Å². The van der Waals surface area contributed by atoms with Crippen LogP contribution in [0.4, 0.5) is 5.69 Å². The smallest absolute Gasteiger partial charge is 0.324 e. The van der Waals surface area contributed by atoms with E-state index in [9.17, 15) is 0 Å². The molecule has 0 aliphatic heterocycles. The van der Waals surface area contributed by atoms with E-state index in [1.54, 1.807) is 0 Å². The van der Waals surface area contributed by atoms with Crippen LogP contribution in [0, 0.1) is 41.5 Å². The van der Waals surface area contributed by atoms with E-state index >= 15 is 0 Å². The van der Waals surface area contributed by atoms with Crippen molar-refractivity contribution in [2.45, 2.75) is 41.5 Å². The predicted octanol–water partition coefficient (Wildman–Crippen LogP) is 5.93. The van der Waals surface area contributed by atoms with Crippen LogP contribution in [0.2, 0.25) is 0 Å². The van der Waals surface area contributed by atoms with Crippen molar-refractivity contribution in [2.24, 2.45) is 0 Å². The summed E-state index contributed by atoms with van der Waals surface area (Å²) >= 11 is 0. The van der Waals surface area contributed by atoms with Crippen LogP contribution < -0.4 is 15.7 Å². The second kappa shape index (κ2) is 8.27. The molecule has 0 atom stereocenters. The lowest BCUT2D eigenvalue weighted by molar-refractivity contribution is 1.28. The molecule has 1 nitrogen and oxygen atoms in total. The second-order valence-corrected chi connectivity index (χ2v) is 9.14. The standard InChI is InChI=1S/C29H32BN/c1-19-15-21(3)28(22(4)16-19)30(29-23(5)17-20(2)18-24(29)6)31(7)27-14-10-12-25-11-8-9-13-26(25)27/h8-18H,1-7H3. The van der Waals surface area contributed by atoms with Gasteiger partial charge in [0.15, 0.2) is 0 Å². The fourth-order valence-electron chi connectivity index (χ4n) is 5.43. The van der Waals surface area contributed by atoms with Crippen molar-refractivity contribution in [3.8, 4) is 0 Å². The first-order valence-corrected chi connectivity index (χ1v) is 11.1. The van der Waals surface area contributed by atoms with E-state index in [0.717, 1.165) is 0 Å². The number of hydrogen-bond acceptors (Lipinski definition) is 1. The first-order valence-electron chi connectivity index (χ1n) is 11.1. The average Bonchev–Trinajstić information content (AvgIpc) is 2.70. The first kappa shape index (κ1) is 21.2. The Morgan fingerprint density at radius 3 is 1.55 bits per heavy atom. The molecule has 0 unspecified atom stereocenters. The zero-order chi connectivity index (χ0) is 22.3. The summed E-state index contributed by atoms with van der Waals surface area (Å²) in [7, 11) is 2.25.